The van der Waals surface area contributed by atoms with Gasteiger partial charge in [-0.05, 0) is 147 Å². The SMILES string of the molecule is CC(C)C[C@H](NC(=O)[C@H](C)NC(=O)[C@H](CO)NC(=O)[C@@H]1CCCN1)C(=O)N[C@@H](CCCN=C(N)N)C(=O)N[C@@H](CC(C)C)C(=O)N[C@@H](CC(C)C)C(=O)N[C@@H](CCC(N)=O)C(=O)N[C@@H](CCCN=C(N)N)C(=O)N1CCC[C@H]1C(=O)N1CCC[C@H]1C(=O)N[C@@H](CCC(=O)O)C(=O)N[C@@H](CCC(=O)O)C(=O)N1CCC[C@H]1C(=O)O. The first kappa shape index (κ1) is 94.8. The molecular formula is C71H119N21O21. The third kappa shape index (κ3) is 31.9. The van der Waals surface area contributed by atoms with Gasteiger partial charge in [0.1, 0.15) is 78.5 Å². The fraction of sp³-hybridized carbons (Fsp3) is 0.732. The number of nitrogens with one attached hydrogen (secondary N) is 11. The molecule has 4 aliphatic rings. The van der Waals surface area contributed by atoms with Gasteiger partial charge in [0.15, 0.2) is 11.9 Å². The van der Waals surface area contributed by atoms with Crippen LogP contribution in [0.3, 0.4) is 0 Å². The molecular weight excluding hydrogens is 1480 g/mol. The molecule has 14 atom stereocenters. The summed E-state index contributed by atoms with van der Waals surface area (Å²) in [4.78, 5) is 244. The summed E-state index contributed by atoms with van der Waals surface area (Å²) in [7, 11) is 0. The van der Waals surface area contributed by atoms with Crippen molar-refractivity contribution < 1.29 is 102 Å². The average Bonchev–Trinajstić information content (AvgIpc) is 1.70. The molecule has 4 aliphatic heterocycles. The van der Waals surface area contributed by atoms with Crippen LogP contribution < -0.4 is 87.2 Å². The first-order valence-corrected chi connectivity index (χ1v) is 38.6. The third-order valence-corrected chi connectivity index (χ3v) is 19.4. The molecule has 0 spiro atoms. The fourth-order valence-corrected chi connectivity index (χ4v) is 13.7. The normalized spacial score (nSPS) is 19.3. The number of carboxylic acid groups (broad SMARTS) is 3. The van der Waals surface area contributed by atoms with Gasteiger partial charge in [0.05, 0.1) is 12.6 Å². The Bertz CT molecular complexity index is 3420. The summed E-state index contributed by atoms with van der Waals surface area (Å²) in [6.07, 6.45) is -1.41. The number of aliphatic carboxylic acids is 3. The number of nitrogens with zero attached hydrogens (tertiary/aromatic N) is 5. The van der Waals surface area contributed by atoms with Gasteiger partial charge in [0.2, 0.25) is 82.7 Å². The van der Waals surface area contributed by atoms with Crippen LogP contribution in [-0.2, 0) is 81.5 Å². The van der Waals surface area contributed by atoms with Gasteiger partial charge < -0.3 is 122 Å². The Morgan fingerprint density at radius 3 is 1.19 bits per heavy atom. The molecule has 4 saturated heterocycles. The number of aliphatic hydroxyl groups is 1. The summed E-state index contributed by atoms with van der Waals surface area (Å²) in [6, 6.07) is -19.2. The molecule has 0 aliphatic carbocycles. The van der Waals surface area contributed by atoms with E-state index in [4.69, 9.17) is 28.7 Å². The molecule has 0 aromatic heterocycles. The number of hydrogen-bond acceptors (Lipinski definition) is 21. The quantitative estimate of drug-likeness (QED) is 0.0153. The van der Waals surface area contributed by atoms with Crippen molar-refractivity contribution in [2.45, 2.75) is 268 Å². The largest absolute Gasteiger partial charge is 0.481 e. The van der Waals surface area contributed by atoms with Gasteiger partial charge >= 0.3 is 17.9 Å². The minimum atomic E-state index is -1.68. The monoisotopic (exact) mass is 1600 g/mol. The molecule has 113 heavy (non-hydrogen) atoms. The van der Waals surface area contributed by atoms with Gasteiger partial charge in [-0.15, -0.1) is 0 Å². The van der Waals surface area contributed by atoms with E-state index in [0.717, 1.165) is 11.3 Å². The second-order valence-electron chi connectivity index (χ2n) is 30.2. The van der Waals surface area contributed by atoms with Gasteiger partial charge in [-0.2, -0.15) is 0 Å². The first-order valence-electron chi connectivity index (χ1n) is 38.6. The maximum absolute atomic E-state index is 15.0. The standard InChI is InChI=1S/C71H119N21O21/c1-36(2)32-46(86-56(99)39(7)80-64(107)49(35-93)89-57(100)40-14-8-26-77-40)61(104)81-41(15-9-27-78-70(73)74)58(101)87-48(34-38(5)6)63(106)88-47(33-37(3)4)62(105)82-42(20-23-53(72)94)59(102)84-44(16-10-28-79-71(75)76)66(109)91-30-12-18-51(91)68(111)90-29-11-17-50(90)65(108)83-43(21-24-54(95)96)60(103)85-45(22-25-55(97)98)67(110)92-31-13-19-52(92)69(112)113/h36-52,77,93H,8-35H2,1-7H3,(H2,72,94)(H,80,107)(H,81,104)(H,82,105)(H,83,108)(H,84,102)(H,85,103)(H,86,99)(H,87,101)(H,88,106)(H,89,100)(H,95,96)(H,97,98)(H,112,113)(H4,73,74,78)(H4,75,76,79)/t39-,40-,41-,42-,43-,44-,45-,46-,47-,48-,49-,50-,51-,52-/m0/s1. The molecule has 25 N–H and O–H groups in total. The van der Waals surface area contributed by atoms with Crippen LogP contribution in [0.15, 0.2) is 9.98 Å². The number of rotatable bonds is 48. The molecule has 4 fully saturated rings. The lowest BCUT2D eigenvalue weighted by Gasteiger charge is -2.34. The highest BCUT2D eigenvalue weighted by Crippen LogP contribution is 2.28. The van der Waals surface area contributed by atoms with E-state index >= 15 is 4.79 Å². The number of hydrogen-bond donors (Lipinski definition) is 20. The zero-order chi connectivity index (χ0) is 84.5. The predicted octanol–water partition coefficient (Wildman–Crippen LogP) is -6.10. The Morgan fingerprint density at radius 1 is 0.398 bits per heavy atom. The van der Waals surface area contributed by atoms with Crippen molar-refractivity contribution in [1.29, 1.82) is 0 Å². The summed E-state index contributed by atoms with van der Waals surface area (Å²) >= 11 is 0. The summed E-state index contributed by atoms with van der Waals surface area (Å²) < 4.78 is 0. The van der Waals surface area contributed by atoms with Crippen LogP contribution >= 0.6 is 0 Å². The number of likely N-dealkylation sites (tertiary alicyclic amines) is 3. The molecule has 42 nitrogen and oxygen atoms in total. The van der Waals surface area contributed by atoms with Crippen molar-refractivity contribution in [3.63, 3.8) is 0 Å². The molecule has 0 radical (unpaired) electrons. The van der Waals surface area contributed by atoms with Gasteiger partial charge in [0.25, 0.3) is 0 Å². The highest BCUT2D eigenvalue weighted by atomic mass is 16.4. The molecule has 4 heterocycles. The number of guanidine groups is 2. The lowest BCUT2D eigenvalue weighted by atomic mass is 9.98. The second-order valence-corrected chi connectivity index (χ2v) is 30.2. The first-order chi connectivity index (χ1) is 53.2. The number of nitrogens with two attached hydrogens (primary N) is 5. The molecule has 0 unspecified atom stereocenters. The van der Waals surface area contributed by atoms with Crippen molar-refractivity contribution in [2.75, 3.05) is 45.9 Å². The molecule has 4 rings (SSSR count). The van der Waals surface area contributed by atoms with Crippen molar-refractivity contribution in [1.82, 2.24) is 73.2 Å². The zero-order valence-corrected chi connectivity index (χ0v) is 65.5. The van der Waals surface area contributed by atoms with E-state index in [1.54, 1.807) is 41.5 Å². The maximum Gasteiger partial charge on any atom is 0.326 e. The lowest BCUT2D eigenvalue weighted by molar-refractivity contribution is -0.150. The van der Waals surface area contributed by atoms with E-state index < -0.39 is 230 Å². The molecule has 0 bridgehead atoms. The zero-order valence-electron chi connectivity index (χ0n) is 65.5. The number of amides is 14. The Hall–Kier alpha value is -10.6. The lowest BCUT2D eigenvalue weighted by Crippen LogP contribution is -2.61. The van der Waals surface area contributed by atoms with Crippen LogP contribution in [0.4, 0.5) is 0 Å². The van der Waals surface area contributed by atoms with Crippen molar-refractivity contribution >= 4 is 113 Å². The number of carbonyl (C=O) groups excluding carboxylic acids is 14. The third-order valence-electron chi connectivity index (χ3n) is 19.4. The predicted molar refractivity (Wildman–Crippen MR) is 405 cm³/mol. The molecule has 0 saturated carbocycles. The highest BCUT2D eigenvalue weighted by molar-refractivity contribution is 6.01. The Balaban J connectivity index is 1.58. The summed E-state index contributed by atoms with van der Waals surface area (Å²) in [6.45, 7) is 11.4. The molecule has 0 aromatic rings. The Morgan fingerprint density at radius 2 is 0.761 bits per heavy atom. The molecule has 634 valence electrons. The number of primary amides is 1. The number of aliphatic hydroxyl groups excluding tert-OH is 1. The molecule has 14 amide bonds. The second kappa shape index (κ2) is 47.1. The van der Waals surface area contributed by atoms with E-state index in [0.29, 0.717) is 19.4 Å². The van der Waals surface area contributed by atoms with E-state index in [1.807, 2.05) is 0 Å². The van der Waals surface area contributed by atoms with Gasteiger partial charge in [-0.3, -0.25) is 86.7 Å². The van der Waals surface area contributed by atoms with Crippen LogP contribution in [0, 0.1) is 17.8 Å². The summed E-state index contributed by atoms with van der Waals surface area (Å²) in [5, 5.41) is 67.6. The van der Waals surface area contributed by atoms with Crippen molar-refractivity contribution in [3.05, 3.63) is 0 Å². The van der Waals surface area contributed by atoms with Crippen LogP contribution in [0.5, 0.6) is 0 Å². The molecule has 42 heteroatoms. The highest BCUT2D eigenvalue weighted by Gasteiger charge is 2.46. The Kier molecular flexibility index (Phi) is 39.5. The minimum Gasteiger partial charge on any atom is -0.481 e. The van der Waals surface area contributed by atoms with E-state index in [9.17, 15) is 97.1 Å². The van der Waals surface area contributed by atoms with E-state index in [1.165, 1.54) is 16.7 Å². The Labute approximate surface area is 655 Å². The topological polar surface area (TPSA) is 668 Å². The van der Waals surface area contributed by atoms with Crippen LogP contribution in [0.2, 0.25) is 0 Å². The van der Waals surface area contributed by atoms with Crippen LogP contribution in [0.1, 0.15) is 183 Å². The number of carboxylic acids is 3. The molecule has 0 aromatic carbocycles. The number of aliphatic imine (C=N–C) groups is 2. The van der Waals surface area contributed by atoms with E-state index in [2.05, 4.69) is 68.5 Å². The minimum absolute atomic E-state index is 0.00907. The fourth-order valence-electron chi connectivity index (χ4n) is 13.7. The van der Waals surface area contributed by atoms with Crippen molar-refractivity contribution in [2.24, 2.45) is 56.4 Å². The van der Waals surface area contributed by atoms with Crippen LogP contribution in [-0.4, -0.2) is 278 Å². The maximum atomic E-state index is 15.0. The summed E-state index contributed by atoms with van der Waals surface area (Å²) in [5.41, 5.74) is 28.0. The van der Waals surface area contributed by atoms with Crippen molar-refractivity contribution in [3.8, 4) is 0 Å². The number of carbonyl (C=O) groups is 17. The summed E-state index contributed by atoms with van der Waals surface area (Å²) in [5.74, 6) is -17.7. The van der Waals surface area contributed by atoms with Gasteiger partial charge in [-0.1, -0.05) is 41.5 Å². The average molecular weight is 1600 g/mol. The van der Waals surface area contributed by atoms with Gasteiger partial charge in [0, 0.05) is 52.0 Å². The van der Waals surface area contributed by atoms with E-state index in [-0.39, 0.29) is 139 Å². The van der Waals surface area contributed by atoms with Gasteiger partial charge in [-0.25, -0.2) is 4.79 Å². The smallest absolute Gasteiger partial charge is 0.326 e. The van der Waals surface area contributed by atoms with Crippen LogP contribution in [0.25, 0.3) is 0 Å².